The van der Waals surface area contributed by atoms with Crippen molar-refractivity contribution < 1.29 is 9.21 Å². The second-order valence-electron chi connectivity index (χ2n) is 8.13. The fourth-order valence-corrected chi connectivity index (χ4v) is 3.75. The number of nitriles is 1. The zero-order chi connectivity index (χ0) is 21.3. The number of benzene rings is 2. The third kappa shape index (κ3) is 4.22. The normalized spacial score (nSPS) is 14.3. The fourth-order valence-electron chi connectivity index (χ4n) is 3.75. The van der Waals surface area contributed by atoms with Gasteiger partial charge >= 0.3 is 0 Å². The van der Waals surface area contributed by atoms with Gasteiger partial charge in [0.05, 0.1) is 35.5 Å². The van der Waals surface area contributed by atoms with E-state index in [1.165, 1.54) is 5.56 Å². The third-order valence-electron chi connectivity index (χ3n) is 5.67. The first-order valence-corrected chi connectivity index (χ1v) is 10.3. The van der Waals surface area contributed by atoms with Crippen LogP contribution in [-0.4, -0.2) is 21.0 Å². The largest absolute Gasteiger partial charge is 0.424 e. The predicted molar refractivity (Wildman–Crippen MR) is 115 cm³/mol. The summed E-state index contributed by atoms with van der Waals surface area (Å²) in [6, 6.07) is 22.7. The number of hydrogen-bond acceptors (Lipinski definition) is 6. The van der Waals surface area contributed by atoms with Gasteiger partial charge in [0.1, 0.15) is 5.78 Å². The van der Waals surface area contributed by atoms with Crippen LogP contribution in [0, 0.1) is 16.7 Å². The summed E-state index contributed by atoms with van der Waals surface area (Å²) in [5.74, 6) is 0.686. The second-order valence-corrected chi connectivity index (χ2v) is 8.13. The zero-order valence-electron chi connectivity index (χ0n) is 16.9. The number of nitrogens with zero attached hydrogens (tertiary/aromatic N) is 4. The van der Waals surface area contributed by atoms with Crippen LogP contribution in [0.4, 0.5) is 0 Å². The quantitative estimate of drug-likeness (QED) is 0.441. The van der Waals surface area contributed by atoms with E-state index in [0.29, 0.717) is 18.2 Å². The molecule has 0 atom stereocenters. The van der Waals surface area contributed by atoms with Crippen molar-refractivity contribution in [2.45, 2.75) is 32.1 Å². The van der Waals surface area contributed by atoms with E-state index in [-0.39, 0.29) is 18.6 Å². The summed E-state index contributed by atoms with van der Waals surface area (Å²) in [7, 11) is 0. The van der Waals surface area contributed by atoms with E-state index < -0.39 is 5.41 Å². The van der Waals surface area contributed by atoms with Gasteiger partial charge in [-0.15, -0.1) is 10.2 Å². The van der Waals surface area contributed by atoms with Crippen molar-refractivity contribution in [1.29, 1.82) is 5.26 Å². The molecule has 0 bridgehead atoms. The number of Topliss-reactive ketones (excluding diaryl/α,β-unsaturated/α-hetero) is 1. The zero-order valence-corrected chi connectivity index (χ0v) is 16.9. The Morgan fingerprint density at radius 2 is 1.81 bits per heavy atom. The van der Waals surface area contributed by atoms with Gasteiger partial charge in [0.25, 0.3) is 0 Å². The molecule has 0 radical (unpaired) electrons. The van der Waals surface area contributed by atoms with Gasteiger partial charge in [0.15, 0.2) is 0 Å². The molecule has 0 spiro atoms. The van der Waals surface area contributed by atoms with Crippen LogP contribution in [0.3, 0.4) is 0 Å². The standard InChI is InChI=1S/C25H20N4O2/c26-16-25(10-11-25)15-21(30)14-24-29-28-23(31-24)13-20-8-6-19-12-18(7-9-22(19)27-20)17-4-2-1-3-5-17/h1-9,12H,10-11,13-15H2. The molecule has 0 unspecified atom stereocenters. The molecule has 6 heteroatoms. The SMILES string of the molecule is N#CC1(CC(=O)Cc2nnc(Cc3ccc4cc(-c5ccccc5)ccc4n3)o2)CC1. The molecule has 5 rings (SSSR count). The summed E-state index contributed by atoms with van der Waals surface area (Å²) >= 11 is 0. The van der Waals surface area contributed by atoms with Crippen molar-refractivity contribution in [2.24, 2.45) is 5.41 Å². The van der Waals surface area contributed by atoms with Crippen LogP contribution in [0.5, 0.6) is 0 Å². The molecule has 1 fully saturated rings. The molecule has 2 aromatic heterocycles. The Morgan fingerprint density at radius 1 is 1.00 bits per heavy atom. The Balaban J connectivity index is 1.27. The highest BCUT2D eigenvalue weighted by Crippen LogP contribution is 2.48. The first-order valence-electron chi connectivity index (χ1n) is 10.3. The van der Waals surface area contributed by atoms with E-state index in [0.717, 1.165) is 35.0 Å². The summed E-state index contributed by atoms with van der Waals surface area (Å²) < 4.78 is 5.65. The molecule has 1 saturated carbocycles. The van der Waals surface area contributed by atoms with Crippen molar-refractivity contribution in [1.82, 2.24) is 15.2 Å². The summed E-state index contributed by atoms with van der Waals surface area (Å²) in [5.41, 5.74) is 3.60. The maximum atomic E-state index is 12.2. The van der Waals surface area contributed by atoms with Gasteiger partial charge < -0.3 is 4.42 Å². The van der Waals surface area contributed by atoms with Gasteiger partial charge in [-0.3, -0.25) is 9.78 Å². The lowest BCUT2D eigenvalue weighted by molar-refractivity contribution is -0.119. The summed E-state index contributed by atoms with van der Waals surface area (Å²) in [6.07, 6.45) is 2.33. The number of fused-ring (bicyclic) bond motifs is 1. The Bertz CT molecular complexity index is 1300. The van der Waals surface area contributed by atoms with Crippen molar-refractivity contribution in [2.75, 3.05) is 0 Å². The average Bonchev–Trinajstić information content (AvgIpc) is 3.44. The van der Waals surface area contributed by atoms with Crippen LogP contribution in [0.15, 0.2) is 65.1 Å². The van der Waals surface area contributed by atoms with E-state index >= 15 is 0 Å². The molecular weight excluding hydrogens is 388 g/mol. The molecular formula is C25H20N4O2. The minimum absolute atomic E-state index is 0.0349. The lowest BCUT2D eigenvalue weighted by Crippen LogP contribution is -2.10. The lowest BCUT2D eigenvalue weighted by Gasteiger charge is -2.05. The Labute approximate surface area is 179 Å². The van der Waals surface area contributed by atoms with Crippen molar-refractivity contribution in [3.05, 3.63) is 78.1 Å². The van der Waals surface area contributed by atoms with Gasteiger partial charge in [-0.1, -0.05) is 42.5 Å². The second kappa shape index (κ2) is 7.77. The fraction of sp³-hybridized carbons (Fsp3) is 0.240. The van der Waals surface area contributed by atoms with Gasteiger partial charge in [0.2, 0.25) is 11.8 Å². The Morgan fingerprint density at radius 3 is 2.58 bits per heavy atom. The van der Waals surface area contributed by atoms with Crippen LogP contribution in [-0.2, 0) is 17.6 Å². The summed E-state index contributed by atoms with van der Waals surface area (Å²) in [6.45, 7) is 0. The smallest absolute Gasteiger partial charge is 0.223 e. The van der Waals surface area contributed by atoms with E-state index in [1.807, 2.05) is 36.4 Å². The summed E-state index contributed by atoms with van der Waals surface area (Å²) in [5, 5.41) is 18.2. The molecule has 1 aliphatic carbocycles. The number of ketones is 1. The number of pyridine rings is 1. The van der Waals surface area contributed by atoms with Crippen LogP contribution in [0.2, 0.25) is 0 Å². The topological polar surface area (TPSA) is 92.7 Å². The maximum Gasteiger partial charge on any atom is 0.223 e. The van der Waals surface area contributed by atoms with Gasteiger partial charge in [-0.05, 0) is 42.2 Å². The number of hydrogen-bond donors (Lipinski definition) is 0. The van der Waals surface area contributed by atoms with Crippen molar-refractivity contribution in [3.63, 3.8) is 0 Å². The van der Waals surface area contributed by atoms with E-state index in [2.05, 4.69) is 40.5 Å². The predicted octanol–water partition coefficient (Wildman–Crippen LogP) is 4.68. The monoisotopic (exact) mass is 408 g/mol. The average molecular weight is 408 g/mol. The molecule has 0 amide bonds. The first-order chi connectivity index (χ1) is 15.1. The van der Waals surface area contributed by atoms with E-state index in [4.69, 9.17) is 14.7 Å². The van der Waals surface area contributed by atoms with Crippen LogP contribution in [0.1, 0.15) is 36.7 Å². The first kappa shape index (κ1) is 19.1. The van der Waals surface area contributed by atoms with Crippen LogP contribution >= 0.6 is 0 Å². The molecule has 31 heavy (non-hydrogen) atoms. The summed E-state index contributed by atoms with van der Waals surface area (Å²) in [4.78, 5) is 16.9. The molecule has 2 aromatic carbocycles. The highest BCUT2D eigenvalue weighted by atomic mass is 16.4. The molecule has 0 N–H and O–H groups in total. The van der Waals surface area contributed by atoms with Crippen LogP contribution in [0.25, 0.3) is 22.0 Å². The van der Waals surface area contributed by atoms with Crippen LogP contribution < -0.4 is 0 Å². The molecule has 0 saturated heterocycles. The van der Waals surface area contributed by atoms with Gasteiger partial charge in [-0.25, -0.2) is 0 Å². The Hall–Kier alpha value is -3.85. The van der Waals surface area contributed by atoms with E-state index in [1.54, 1.807) is 0 Å². The van der Waals surface area contributed by atoms with Gasteiger partial charge in [-0.2, -0.15) is 5.26 Å². The highest BCUT2D eigenvalue weighted by Gasteiger charge is 2.44. The maximum absolute atomic E-state index is 12.2. The molecule has 1 aliphatic rings. The number of carbonyl (C=O) groups excluding carboxylic acids is 1. The molecule has 4 aromatic rings. The van der Waals surface area contributed by atoms with Crippen molar-refractivity contribution in [3.8, 4) is 17.2 Å². The Kier molecular flexibility index (Phi) is 4.79. The van der Waals surface area contributed by atoms with Crippen molar-refractivity contribution >= 4 is 16.7 Å². The highest BCUT2D eigenvalue weighted by molar-refractivity contribution is 5.84. The number of rotatable bonds is 7. The number of carbonyl (C=O) groups is 1. The molecule has 0 aliphatic heterocycles. The molecule has 6 nitrogen and oxygen atoms in total. The molecule has 2 heterocycles. The minimum Gasteiger partial charge on any atom is -0.424 e. The lowest BCUT2D eigenvalue weighted by atomic mass is 10.00. The minimum atomic E-state index is -0.449. The van der Waals surface area contributed by atoms with Gasteiger partial charge in [0, 0.05) is 11.8 Å². The molecule has 152 valence electrons. The number of aromatic nitrogens is 3. The third-order valence-corrected chi connectivity index (χ3v) is 5.67. The van der Waals surface area contributed by atoms with E-state index in [9.17, 15) is 4.79 Å².